The lowest BCUT2D eigenvalue weighted by molar-refractivity contribution is 0.0691. The van der Waals surface area contributed by atoms with Crippen LogP contribution in [0.5, 0.6) is 0 Å². The van der Waals surface area contributed by atoms with Crippen LogP contribution in [-0.2, 0) is 6.54 Å². The lowest BCUT2D eigenvalue weighted by Crippen LogP contribution is -2.00. The second-order valence-corrected chi connectivity index (χ2v) is 4.54. The molecule has 0 aliphatic carbocycles. The summed E-state index contributed by atoms with van der Waals surface area (Å²) in [6.07, 6.45) is 1.48. The van der Waals surface area contributed by atoms with Crippen LogP contribution in [0.25, 0.3) is 0 Å². The third-order valence-corrected chi connectivity index (χ3v) is 3.41. The Balaban J connectivity index is 2.21. The van der Waals surface area contributed by atoms with Crippen molar-refractivity contribution in [2.75, 3.05) is 0 Å². The van der Waals surface area contributed by atoms with Crippen LogP contribution in [0.2, 0.25) is 10.3 Å². The first-order chi connectivity index (χ1) is 7.58. The van der Waals surface area contributed by atoms with Crippen LogP contribution in [0.15, 0.2) is 11.7 Å². The molecule has 0 unspecified atom stereocenters. The molecule has 2 aromatic rings. The fraction of sp³-hybridized carbons (Fsp3) is 0.125. The fourth-order valence-electron chi connectivity index (χ4n) is 1.08. The summed E-state index contributed by atoms with van der Waals surface area (Å²) in [5.74, 6) is -1.04. The lowest BCUT2D eigenvalue weighted by Gasteiger charge is -1.99. The SMILES string of the molecule is O=C(O)c1csc(Cn2cnc(Cl)c2Cl)n1. The van der Waals surface area contributed by atoms with Gasteiger partial charge in [0.15, 0.2) is 10.8 Å². The molecule has 0 amide bonds. The average molecular weight is 278 g/mol. The maximum atomic E-state index is 10.6. The first-order valence-corrected chi connectivity index (χ1v) is 5.75. The van der Waals surface area contributed by atoms with E-state index in [4.69, 9.17) is 28.3 Å². The predicted molar refractivity (Wildman–Crippen MR) is 60.4 cm³/mol. The van der Waals surface area contributed by atoms with Crippen molar-refractivity contribution >= 4 is 40.5 Å². The molecule has 84 valence electrons. The third kappa shape index (κ3) is 2.18. The Hall–Kier alpha value is -1.11. The van der Waals surface area contributed by atoms with Gasteiger partial charge < -0.3 is 9.67 Å². The standard InChI is InChI=1S/C8H5Cl2N3O2S/c9-6-7(10)13(3-11-6)1-5-12-4(2-16-5)8(14)15/h2-3H,1H2,(H,14,15). The van der Waals surface area contributed by atoms with Gasteiger partial charge in [0.05, 0.1) is 12.9 Å². The van der Waals surface area contributed by atoms with Crippen molar-refractivity contribution in [3.8, 4) is 0 Å². The Morgan fingerprint density at radius 1 is 1.56 bits per heavy atom. The smallest absolute Gasteiger partial charge is 0.355 e. The largest absolute Gasteiger partial charge is 0.476 e. The van der Waals surface area contributed by atoms with Crippen molar-refractivity contribution in [1.29, 1.82) is 0 Å². The summed E-state index contributed by atoms with van der Waals surface area (Å²) in [5.41, 5.74) is 0.0299. The number of imidazole rings is 1. The lowest BCUT2D eigenvalue weighted by atomic mass is 10.5. The van der Waals surface area contributed by atoms with Crippen molar-refractivity contribution in [3.63, 3.8) is 0 Å². The summed E-state index contributed by atoms with van der Waals surface area (Å²) >= 11 is 12.8. The van der Waals surface area contributed by atoms with Crippen molar-refractivity contribution in [2.24, 2.45) is 0 Å². The highest BCUT2D eigenvalue weighted by atomic mass is 35.5. The molecule has 0 aliphatic heterocycles. The zero-order valence-corrected chi connectivity index (χ0v) is 10.1. The van der Waals surface area contributed by atoms with Gasteiger partial charge in [-0.3, -0.25) is 0 Å². The van der Waals surface area contributed by atoms with E-state index in [0.717, 1.165) is 0 Å². The summed E-state index contributed by atoms with van der Waals surface area (Å²) in [4.78, 5) is 18.4. The molecule has 0 aliphatic rings. The van der Waals surface area contributed by atoms with Crippen LogP contribution in [0.4, 0.5) is 0 Å². The van der Waals surface area contributed by atoms with Gasteiger partial charge in [-0.15, -0.1) is 11.3 Å². The molecular formula is C8H5Cl2N3O2S. The first-order valence-electron chi connectivity index (χ1n) is 4.11. The van der Waals surface area contributed by atoms with E-state index in [2.05, 4.69) is 9.97 Å². The molecule has 0 bridgehead atoms. The number of aromatic carboxylic acids is 1. The van der Waals surface area contributed by atoms with Gasteiger partial charge in [-0.1, -0.05) is 23.2 Å². The molecule has 0 aromatic carbocycles. The predicted octanol–water partition coefficient (Wildman–Crippen LogP) is 2.39. The van der Waals surface area contributed by atoms with Gasteiger partial charge in [-0.05, 0) is 0 Å². The number of thiazole rings is 1. The van der Waals surface area contributed by atoms with Gasteiger partial charge in [-0.2, -0.15) is 0 Å². The Bertz CT molecular complexity index is 537. The average Bonchev–Trinajstić information content (AvgIpc) is 2.81. The number of carboxylic acids is 1. The third-order valence-electron chi connectivity index (χ3n) is 1.81. The normalized spacial score (nSPS) is 10.6. The molecule has 2 rings (SSSR count). The summed E-state index contributed by atoms with van der Waals surface area (Å²) < 4.78 is 1.59. The molecule has 0 radical (unpaired) electrons. The molecule has 8 heteroatoms. The van der Waals surface area contributed by atoms with Gasteiger partial charge in [0.2, 0.25) is 0 Å². The molecule has 16 heavy (non-hydrogen) atoms. The Morgan fingerprint density at radius 3 is 2.81 bits per heavy atom. The molecule has 2 aromatic heterocycles. The number of hydrogen-bond acceptors (Lipinski definition) is 4. The minimum atomic E-state index is -1.04. The number of carboxylic acid groups (broad SMARTS) is 1. The quantitative estimate of drug-likeness (QED) is 0.936. The monoisotopic (exact) mass is 277 g/mol. The van der Waals surface area contributed by atoms with Crippen LogP contribution in [0.3, 0.4) is 0 Å². The minimum absolute atomic E-state index is 0.0299. The van der Waals surface area contributed by atoms with E-state index < -0.39 is 5.97 Å². The summed E-state index contributed by atoms with van der Waals surface area (Å²) in [7, 11) is 0. The molecule has 0 spiro atoms. The summed E-state index contributed by atoms with van der Waals surface area (Å²) in [6.45, 7) is 0.358. The van der Waals surface area contributed by atoms with Gasteiger partial charge in [-0.25, -0.2) is 14.8 Å². The number of nitrogens with zero attached hydrogens (tertiary/aromatic N) is 3. The maximum absolute atomic E-state index is 10.6. The van der Waals surface area contributed by atoms with E-state index in [9.17, 15) is 4.79 Å². The number of rotatable bonds is 3. The zero-order valence-electron chi connectivity index (χ0n) is 7.72. The zero-order chi connectivity index (χ0) is 11.7. The number of hydrogen-bond donors (Lipinski definition) is 1. The van der Waals surface area contributed by atoms with Crippen molar-refractivity contribution in [3.05, 3.63) is 32.7 Å². The van der Waals surface area contributed by atoms with Crippen molar-refractivity contribution in [2.45, 2.75) is 6.54 Å². The highest BCUT2D eigenvalue weighted by Crippen LogP contribution is 2.21. The van der Waals surface area contributed by atoms with Crippen LogP contribution in [0.1, 0.15) is 15.5 Å². The van der Waals surface area contributed by atoms with Crippen molar-refractivity contribution in [1.82, 2.24) is 14.5 Å². The van der Waals surface area contributed by atoms with Gasteiger partial charge in [0.25, 0.3) is 0 Å². The van der Waals surface area contributed by atoms with Crippen molar-refractivity contribution < 1.29 is 9.90 Å². The Morgan fingerprint density at radius 2 is 2.31 bits per heavy atom. The highest BCUT2D eigenvalue weighted by Gasteiger charge is 2.11. The van der Waals surface area contributed by atoms with Gasteiger partial charge in [0.1, 0.15) is 10.2 Å². The molecule has 0 fully saturated rings. The van der Waals surface area contributed by atoms with Crippen LogP contribution in [-0.4, -0.2) is 25.6 Å². The minimum Gasteiger partial charge on any atom is -0.476 e. The molecule has 0 saturated carbocycles. The fourth-order valence-corrected chi connectivity index (χ4v) is 2.15. The van der Waals surface area contributed by atoms with Gasteiger partial charge in [0, 0.05) is 5.38 Å². The molecule has 0 saturated heterocycles. The van der Waals surface area contributed by atoms with Crippen LogP contribution in [0, 0.1) is 0 Å². The summed E-state index contributed by atoms with van der Waals surface area (Å²) in [6, 6.07) is 0. The first kappa shape index (κ1) is 11.4. The second-order valence-electron chi connectivity index (χ2n) is 2.89. The maximum Gasteiger partial charge on any atom is 0.355 e. The van der Waals surface area contributed by atoms with E-state index in [0.29, 0.717) is 16.7 Å². The van der Waals surface area contributed by atoms with E-state index in [1.807, 2.05) is 0 Å². The molecule has 5 nitrogen and oxygen atoms in total. The second kappa shape index (κ2) is 4.40. The highest BCUT2D eigenvalue weighted by molar-refractivity contribution is 7.09. The van der Waals surface area contributed by atoms with E-state index in [1.54, 1.807) is 4.57 Å². The number of carbonyl (C=O) groups is 1. The van der Waals surface area contributed by atoms with E-state index >= 15 is 0 Å². The topological polar surface area (TPSA) is 68.0 Å². The molecule has 1 N–H and O–H groups in total. The van der Waals surface area contributed by atoms with Crippen LogP contribution >= 0.6 is 34.5 Å². The van der Waals surface area contributed by atoms with E-state index in [1.165, 1.54) is 23.0 Å². The van der Waals surface area contributed by atoms with Crippen LogP contribution < -0.4 is 0 Å². The van der Waals surface area contributed by atoms with Gasteiger partial charge >= 0.3 is 5.97 Å². The summed E-state index contributed by atoms with van der Waals surface area (Å²) in [5, 5.41) is 11.3. The molecular weight excluding hydrogens is 273 g/mol. The Labute approximate surface area is 104 Å². The molecule has 2 heterocycles. The molecule has 0 atom stereocenters. The van der Waals surface area contributed by atoms with E-state index in [-0.39, 0.29) is 10.8 Å². The Kier molecular flexibility index (Phi) is 3.13. The number of halogens is 2. The number of aromatic nitrogens is 3.